The van der Waals surface area contributed by atoms with Crippen molar-refractivity contribution < 1.29 is 4.79 Å². The second kappa shape index (κ2) is 3.51. The fourth-order valence-corrected chi connectivity index (χ4v) is 1.19. The van der Waals surface area contributed by atoms with Gasteiger partial charge in [-0.1, -0.05) is 0 Å². The van der Waals surface area contributed by atoms with Crippen LogP contribution in [0.3, 0.4) is 0 Å². The summed E-state index contributed by atoms with van der Waals surface area (Å²) in [5.41, 5.74) is -0.0880. The number of aromatic nitrogens is 2. The maximum absolute atomic E-state index is 11.6. The van der Waals surface area contributed by atoms with Gasteiger partial charge in [-0.2, -0.15) is 0 Å². The van der Waals surface area contributed by atoms with Crippen LogP contribution >= 0.6 is 0 Å². The monoisotopic (exact) mass is 180 g/mol. The molecule has 0 unspecified atom stereocenters. The lowest BCUT2D eigenvalue weighted by Crippen LogP contribution is -2.27. The molecular formula is C9H12N2O2. The highest BCUT2D eigenvalue weighted by Crippen LogP contribution is 1.94. The molecule has 0 aliphatic heterocycles. The summed E-state index contributed by atoms with van der Waals surface area (Å²) < 4.78 is 1.48. The Morgan fingerprint density at radius 1 is 1.62 bits per heavy atom. The molecule has 0 spiro atoms. The lowest BCUT2D eigenvalue weighted by Gasteiger charge is -2.06. The standard InChI is InChI=1S/C9H12N2O2/c1-4-11-7(3)10-5-8(6(2)12)9(11)13/h5H,4H2,1-3H3. The Bertz CT molecular complexity index is 393. The average molecular weight is 180 g/mol. The van der Waals surface area contributed by atoms with Crippen molar-refractivity contribution in [1.29, 1.82) is 0 Å². The molecule has 1 aromatic heterocycles. The highest BCUT2D eigenvalue weighted by molar-refractivity contribution is 5.93. The third kappa shape index (κ3) is 1.66. The van der Waals surface area contributed by atoms with Crippen LogP contribution in [0.5, 0.6) is 0 Å². The van der Waals surface area contributed by atoms with E-state index in [1.54, 1.807) is 6.92 Å². The van der Waals surface area contributed by atoms with Gasteiger partial charge in [-0.05, 0) is 20.8 Å². The molecule has 0 radical (unpaired) electrons. The topological polar surface area (TPSA) is 52.0 Å². The quantitative estimate of drug-likeness (QED) is 0.632. The van der Waals surface area contributed by atoms with Crippen LogP contribution in [0.1, 0.15) is 30.0 Å². The van der Waals surface area contributed by atoms with Crippen molar-refractivity contribution in [2.45, 2.75) is 27.3 Å². The summed E-state index contributed by atoms with van der Waals surface area (Å²) in [6, 6.07) is 0. The number of carbonyl (C=O) groups is 1. The number of nitrogens with zero attached hydrogens (tertiary/aromatic N) is 2. The second-order valence-electron chi connectivity index (χ2n) is 2.82. The smallest absolute Gasteiger partial charge is 0.264 e. The molecule has 0 amide bonds. The summed E-state index contributed by atoms with van der Waals surface area (Å²) in [7, 11) is 0. The van der Waals surface area contributed by atoms with Crippen LogP contribution in [-0.2, 0) is 6.54 Å². The van der Waals surface area contributed by atoms with Crippen molar-refractivity contribution in [3.63, 3.8) is 0 Å². The van der Waals surface area contributed by atoms with E-state index >= 15 is 0 Å². The normalized spacial score (nSPS) is 10.1. The molecule has 0 aliphatic rings. The van der Waals surface area contributed by atoms with Gasteiger partial charge in [-0.15, -0.1) is 0 Å². The third-order valence-corrected chi connectivity index (χ3v) is 1.94. The molecule has 4 nitrogen and oxygen atoms in total. The molecule has 0 N–H and O–H groups in total. The average Bonchev–Trinajstić information content (AvgIpc) is 2.04. The van der Waals surface area contributed by atoms with Crippen LogP contribution in [0.25, 0.3) is 0 Å². The summed E-state index contributed by atoms with van der Waals surface area (Å²) in [6.45, 7) is 5.50. The van der Waals surface area contributed by atoms with Crippen molar-refractivity contribution in [3.05, 3.63) is 27.9 Å². The number of aryl methyl sites for hydroxylation is 1. The number of hydrogen-bond acceptors (Lipinski definition) is 3. The van der Waals surface area contributed by atoms with Gasteiger partial charge >= 0.3 is 0 Å². The van der Waals surface area contributed by atoms with Gasteiger partial charge in [0, 0.05) is 12.7 Å². The Morgan fingerprint density at radius 2 is 2.23 bits per heavy atom. The van der Waals surface area contributed by atoms with Gasteiger partial charge < -0.3 is 0 Å². The highest BCUT2D eigenvalue weighted by Gasteiger charge is 2.09. The maximum atomic E-state index is 11.6. The second-order valence-corrected chi connectivity index (χ2v) is 2.82. The molecule has 0 aliphatic carbocycles. The first kappa shape index (κ1) is 9.64. The minimum atomic E-state index is -0.248. The Labute approximate surface area is 76.2 Å². The first-order chi connectivity index (χ1) is 6.07. The largest absolute Gasteiger partial charge is 0.297 e. The Morgan fingerprint density at radius 3 is 2.69 bits per heavy atom. The Hall–Kier alpha value is -1.45. The van der Waals surface area contributed by atoms with E-state index in [4.69, 9.17) is 0 Å². The van der Waals surface area contributed by atoms with Gasteiger partial charge in [0.25, 0.3) is 5.56 Å². The van der Waals surface area contributed by atoms with Crippen molar-refractivity contribution in [2.75, 3.05) is 0 Å². The van der Waals surface area contributed by atoms with E-state index in [9.17, 15) is 9.59 Å². The number of hydrogen-bond donors (Lipinski definition) is 0. The van der Waals surface area contributed by atoms with Crippen LogP contribution in [0.2, 0.25) is 0 Å². The van der Waals surface area contributed by atoms with Crippen LogP contribution in [0, 0.1) is 6.92 Å². The van der Waals surface area contributed by atoms with E-state index in [1.807, 2.05) is 6.92 Å². The summed E-state index contributed by atoms with van der Waals surface area (Å²) in [6.07, 6.45) is 1.34. The number of ketones is 1. The molecule has 13 heavy (non-hydrogen) atoms. The summed E-state index contributed by atoms with van der Waals surface area (Å²) >= 11 is 0. The molecule has 0 aromatic carbocycles. The number of rotatable bonds is 2. The fourth-order valence-electron chi connectivity index (χ4n) is 1.19. The first-order valence-corrected chi connectivity index (χ1v) is 4.15. The Kier molecular flexibility index (Phi) is 2.60. The predicted octanol–water partition coefficient (Wildman–Crippen LogP) is 0.774. The first-order valence-electron chi connectivity index (χ1n) is 4.15. The van der Waals surface area contributed by atoms with Gasteiger partial charge in [-0.3, -0.25) is 14.2 Å². The fraction of sp³-hybridized carbons (Fsp3) is 0.444. The summed E-state index contributed by atoms with van der Waals surface area (Å²) in [5.74, 6) is 0.400. The van der Waals surface area contributed by atoms with E-state index in [1.165, 1.54) is 17.7 Å². The SMILES string of the molecule is CCn1c(C)ncc(C(C)=O)c1=O. The summed E-state index contributed by atoms with van der Waals surface area (Å²) in [5, 5.41) is 0. The molecule has 0 atom stereocenters. The van der Waals surface area contributed by atoms with Gasteiger partial charge in [-0.25, -0.2) is 4.98 Å². The predicted molar refractivity (Wildman–Crippen MR) is 48.9 cm³/mol. The number of carbonyl (C=O) groups excluding carboxylic acids is 1. The van der Waals surface area contributed by atoms with Crippen LogP contribution in [0.4, 0.5) is 0 Å². The Balaban J connectivity index is 3.45. The number of Topliss-reactive ketones (excluding diaryl/α,β-unsaturated/α-hetero) is 1. The van der Waals surface area contributed by atoms with Crippen LogP contribution in [-0.4, -0.2) is 15.3 Å². The lowest BCUT2D eigenvalue weighted by atomic mass is 10.2. The van der Waals surface area contributed by atoms with E-state index in [0.29, 0.717) is 12.4 Å². The molecular weight excluding hydrogens is 168 g/mol. The van der Waals surface area contributed by atoms with E-state index < -0.39 is 0 Å². The van der Waals surface area contributed by atoms with Gasteiger partial charge in [0.05, 0.1) is 0 Å². The third-order valence-electron chi connectivity index (χ3n) is 1.94. The van der Waals surface area contributed by atoms with Crippen molar-refractivity contribution >= 4 is 5.78 Å². The molecule has 0 saturated heterocycles. The van der Waals surface area contributed by atoms with Gasteiger partial charge in [0.2, 0.25) is 0 Å². The molecule has 0 fully saturated rings. The van der Waals surface area contributed by atoms with Gasteiger partial charge in [0.15, 0.2) is 5.78 Å². The van der Waals surface area contributed by atoms with Crippen LogP contribution < -0.4 is 5.56 Å². The van der Waals surface area contributed by atoms with Crippen molar-refractivity contribution in [2.24, 2.45) is 0 Å². The molecule has 1 heterocycles. The molecule has 1 aromatic rings. The molecule has 70 valence electrons. The van der Waals surface area contributed by atoms with E-state index in [2.05, 4.69) is 4.98 Å². The molecule has 4 heteroatoms. The minimum absolute atomic E-state index is 0.160. The molecule has 0 saturated carbocycles. The highest BCUT2D eigenvalue weighted by atomic mass is 16.1. The zero-order valence-corrected chi connectivity index (χ0v) is 8.00. The van der Waals surface area contributed by atoms with Crippen LogP contribution in [0.15, 0.2) is 11.0 Å². The maximum Gasteiger partial charge on any atom is 0.264 e. The van der Waals surface area contributed by atoms with Crippen molar-refractivity contribution in [1.82, 2.24) is 9.55 Å². The van der Waals surface area contributed by atoms with E-state index in [0.717, 1.165) is 0 Å². The molecule has 1 rings (SSSR count). The van der Waals surface area contributed by atoms with E-state index in [-0.39, 0.29) is 16.9 Å². The minimum Gasteiger partial charge on any atom is -0.297 e. The zero-order chi connectivity index (χ0) is 10.0. The summed E-state index contributed by atoms with van der Waals surface area (Å²) in [4.78, 5) is 26.5. The van der Waals surface area contributed by atoms with Gasteiger partial charge in [0.1, 0.15) is 11.4 Å². The molecule has 0 bridgehead atoms. The zero-order valence-electron chi connectivity index (χ0n) is 8.00. The lowest BCUT2D eigenvalue weighted by molar-refractivity contribution is 0.101. The van der Waals surface area contributed by atoms with Crippen molar-refractivity contribution in [3.8, 4) is 0 Å².